The number of hydrogen-bond donors (Lipinski definition) is 4. The molecule has 7 heteroatoms. The number of H-pyrrole nitrogens is 1. The van der Waals surface area contributed by atoms with E-state index >= 15 is 0 Å². The molecule has 4 N–H and O–H groups in total. The van der Waals surface area contributed by atoms with Crippen molar-refractivity contribution in [3.05, 3.63) is 24.4 Å². The van der Waals surface area contributed by atoms with Crippen LogP contribution in [0.25, 0.3) is 10.9 Å². The lowest BCUT2D eigenvalue weighted by molar-refractivity contribution is 0.115. The smallest absolute Gasteiger partial charge is 0.319 e. The summed E-state index contributed by atoms with van der Waals surface area (Å²) < 4.78 is 0. The van der Waals surface area contributed by atoms with E-state index in [-0.39, 0.29) is 12.6 Å². The minimum Gasteiger partial charge on any atom is -0.390 e. The Morgan fingerprint density at radius 3 is 2.88 bits per heavy atom. The zero-order valence-electron chi connectivity index (χ0n) is 13.8. The van der Waals surface area contributed by atoms with Gasteiger partial charge in [0.25, 0.3) is 0 Å². The lowest BCUT2D eigenvalue weighted by atomic mass is 10.2. The van der Waals surface area contributed by atoms with Gasteiger partial charge in [-0.05, 0) is 44.1 Å². The number of aromatic amines is 1. The van der Waals surface area contributed by atoms with Gasteiger partial charge in [0, 0.05) is 24.2 Å². The van der Waals surface area contributed by atoms with Gasteiger partial charge in [0.2, 0.25) is 0 Å². The van der Waals surface area contributed by atoms with Crippen LogP contribution in [0.1, 0.15) is 25.7 Å². The minimum atomic E-state index is -0.552. The van der Waals surface area contributed by atoms with Crippen molar-refractivity contribution in [2.75, 3.05) is 31.5 Å². The van der Waals surface area contributed by atoms with Crippen LogP contribution in [0.4, 0.5) is 10.5 Å². The number of carbonyl (C=O) groups is 1. The zero-order chi connectivity index (χ0) is 16.8. The van der Waals surface area contributed by atoms with E-state index in [0.717, 1.165) is 24.0 Å². The fourth-order valence-corrected chi connectivity index (χ4v) is 3.08. The molecule has 0 radical (unpaired) electrons. The standard InChI is InChI=1S/C17H25N5O2/c23-15(12-22-7-3-1-2-4-8-22)11-18-17(24)20-14-6-5-13-10-19-21-16(13)9-14/h5-6,9-10,15,23H,1-4,7-8,11-12H2,(H,19,21)(H2,18,20,24)/t15-/m1/s1. The molecule has 1 aromatic heterocycles. The number of nitrogens with one attached hydrogen (secondary N) is 3. The largest absolute Gasteiger partial charge is 0.390 e. The number of aliphatic hydroxyl groups excluding tert-OH is 1. The van der Waals surface area contributed by atoms with Crippen molar-refractivity contribution >= 4 is 22.6 Å². The summed E-state index contributed by atoms with van der Waals surface area (Å²) in [6, 6.07) is 5.23. The van der Waals surface area contributed by atoms with Gasteiger partial charge in [-0.1, -0.05) is 12.8 Å². The highest BCUT2D eigenvalue weighted by Crippen LogP contribution is 2.16. The maximum atomic E-state index is 12.0. The number of carbonyl (C=O) groups excluding carboxylic acids is 1. The number of nitrogens with zero attached hydrogens (tertiary/aromatic N) is 2. The number of fused-ring (bicyclic) bond motifs is 1. The van der Waals surface area contributed by atoms with Crippen molar-refractivity contribution in [1.29, 1.82) is 0 Å². The van der Waals surface area contributed by atoms with Gasteiger partial charge in [-0.2, -0.15) is 5.10 Å². The van der Waals surface area contributed by atoms with Crippen molar-refractivity contribution in [1.82, 2.24) is 20.4 Å². The normalized spacial score (nSPS) is 17.4. The molecule has 1 aliphatic rings. The first-order valence-corrected chi connectivity index (χ1v) is 8.59. The fourth-order valence-electron chi connectivity index (χ4n) is 3.08. The molecule has 0 unspecified atom stereocenters. The summed E-state index contributed by atoms with van der Waals surface area (Å²) in [7, 11) is 0. The molecule has 0 spiro atoms. The summed E-state index contributed by atoms with van der Waals surface area (Å²) in [6.45, 7) is 2.93. The molecule has 0 aliphatic carbocycles. The van der Waals surface area contributed by atoms with Crippen LogP contribution in [-0.4, -0.2) is 58.5 Å². The van der Waals surface area contributed by atoms with E-state index in [1.807, 2.05) is 18.2 Å². The molecule has 24 heavy (non-hydrogen) atoms. The van der Waals surface area contributed by atoms with Gasteiger partial charge >= 0.3 is 6.03 Å². The molecular weight excluding hydrogens is 306 g/mol. The Hall–Kier alpha value is -2.12. The van der Waals surface area contributed by atoms with E-state index in [2.05, 4.69) is 25.7 Å². The molecule has 2 aromatic rings. The highest BCUT2D eigenvalue weighted by atomic mass is 16.3. The average Bonchev–Trinajstić information content (AvgIpc) is 2.88. The van der Waals surface area contributed by atoms with Gasteiger partial charge in [0.05, 0.1) is 17.8 Å². The van der Waals surface area contributed by atoms with Crippen molar-refractivity contribution in [2.24, 2.45) is 0 Å². The fraction of sp³-hybridized carbons (Fsp3) is 0.529. The third-order valence-electron chi connectivity index (χ3n) is 4.37. The van der Waals surface area contributed by atoms with Gasteiger partial charge in [0.1, 0.15) is 0 Å². The molecule has 1 fully saturated rings. The van der Waals surface area contributed by atoms with E-state index in [1.54, 1.807) is 6.20 Å². The van der Waals surface area contributed by atoms with Crippen molar-refractivity contribution in [3.8, 4) is 0 Å². The molecule has 130 valence electrons. The van der Waals surface area contributed by atoms with Gasteiger partial charge in [-0.25, -0.2) is 4.79 Å². The number of likely N-dealkylation sites (tertiary alicyclic amines) is 1. The van der Waals surface area contributed by atoms with E-state index < -0.39 is 6.10 Å². The van der Waals surface area contributed by atoms with Gasteiger partial charge < -0.3 is 20.6 Å². The number of aromatic nitrogens is 2. The highest BCUT2D eigenvalue weighted by molar-refractivity contribution is 5.92. The molecule has 2 amide bonds. The second kappa shape index (κ2) is 8.12. The van der Waals surface area contributed by atoms with Crippen LogP contribution in [0.3, 0.4) is 0 Å². The first kappa shape index (κ1) is 16.7. The average molecular weight is 331 g/mol. The first-order chi connectivity index (χ1) is 11.7. The Morgan fingerprint density at radius 1 is 1.29 bits per heavy atom. The number of aliphatic hydroxyl groups is 1. The second-order valence-electron chi connectivity index (χ2n) is 6.38. The number of benzene rings is 1. The van der Waals surface area contributed by atoms with Crippen LogP contribution in [0.5, 0.6) is 0 Å². The van der Waals surface area contributed by atoms with Gasteiger partial charge in [-0.3, -0.25) is 5.10 Å². The SMILES string of the molecule is O=C(NC[C@@H](O)CN1CCCCCC1)Nc1ccc2cn[nH]c2c1. The molecule has 7 nitrogen and oxygen atoms in total. The highest BCUT2D eigenvalue weighted by Gasteiger charge is 2.14. The predicted octanol–water partition coefficient (Wildman–Crippen LogP) is 1.92. The maximum absolute atomic E-state index is 12.0. The van der Waals surface area contributed by atoms with Crippen molar-refractivity contribution in [3.63, 3.8) is 0 Å². The molecule has 0 bridgehead atoms. The number of anilines is 1. The Kier molecular flexibility index (Phi) is 5.66. The summed E-state index contributed by atoms with van der Waals surface area (Å²) in [4.78, 5) is 14.2. The lowest BCUT2D eigenvalue weighted by Crippen LogP contribution is -2.41. The van der Waals surface area contributed by atoms with Gasteiger partial charge in [0.15, 0.2) is 0 Å². The topological polar surface area (TPSA) is 93.3 Å². The third-order valence-corrected chi connectivity index (χ3v) is 4.37. The number of rotatable bonds is 5. The molecular formula is C17H25N5O2. The molecule has 1 aliphatic heterocycles. The predicted molar refractivity (Wildman–Crippen MR) is 94.0 cm³/mol. The van der Waals surface area contributed by atoms with E-state index in [0.29, 0.717) is 12.2 Å². The zero-order valence-corrected chi connectivity index (χ0v) is 13.8. The number of β-amino-alcohol motifs (C(OH)–C–C–N with tert-alkyl or cyclic N) is 1. The second-order valence-corrected chi connectivity index (χ2v) is 6.38. The summed E-state index contributed by atoms with van der Waals surface area (Å²) in [5.74, 6) is 0. The Labute approximate surface area is 141 Å². The molecule has 1 saturated heterocycles. The van der Waals surface area contributed by atoms with Crippen LogP contribution in [-0.2, 0) is 0 Å². The van der Waals surface area contributed by atoms with E-state index in [4.69, 9.17) is 0 Å². The number of urea groups is 1. The van der Waals surface area contributed by atoms with Crippen LogP contribution >= 0.6 is 0 Å². The Bertz CT molecular complexity index is 664. The Balaban J connectivity index is 1.42. The molecule has 1 atom stereocenters. The molecule has 1 aromatic carbocycles. The summed E-state index contributed by atoms with van der Waals surface area (Å²) in [6.07, 6.45) is 6.11. The monoisotopic (exact) mass is 331 g/mol. The van der Waals surface area contributed by atoms with Gasteiger partial charge in [-0.15, -0.1) is 0 Å². The summed E-state index contributed by atoms with van der Waals surface area (Å²) in [5.41, 5.74) is 1.56. The lowest BCUT2D eigenvalue weighted by Gasteiger charge is -2.23. The first-order valence-electron chi connectivity index (χ1n) is 8.59. The van der Waals surface area contributed by atoms with E-state index in [9.17, 15) is 9.90 Å². The summed E-state index contributed by atoms with van der Waals surface area (Å²) in [5, 5.41) is 23.4. The van der Waals surface area contributed by atoms with Crippen molar-refractivity contribution in [2.45, 2.75) is 31.8 Å². The quantitative estimate of drug-likeness (QED) is 0.673. The number of amides is 2. The molecule has 0 saturated carbocycles. The molecule has 3 rings (SSSR count). The summed E-state index contributed by atoms with van der Waals surface area (Å²) >= 11 is 0. The van der Waals surface area contributed by atoms with Crippen molar-refractivity contribution < 1.29 is 9.90 Å². The van der Waals surface area contributed by atoms with E-state index in [1.165, 1.54) is 25.7 Å². The minimum absolute atomic E-state index is 0.245. The van der Waals surface area contributed by atoms with Crippen LogP contribution in [0.2, 0.25) is 0 Å². The number of hydrogen-bond acceptors (Lipinski definition) is 4. The molecule has 2 heterocycles. The van der Waals surface area contributed by atoms with Crippen LogP contribution in [0.15, 0.2) is 24.4 Å². The maximum Gasteiger partial charge on any atom is 0.319 e. The van der Waals surface area contributed by atoms with Crippen LogP contribution < -0.4 is 10.6 Å². The van der Waals surface area contributed by atoms with Crippen LogP contribution in [0, 0.1) is 0 Å². The third kappa shape index (κ3) is 4.69. The Morgan fingerprint density at radius 2 is 2.08 bits per heavy atom.